The van der Waals surface area contributed by atoms with Crippen LogP contribution in [0, 0.1) is 0 Å². The number of nitrogens with one attached hydrogen (secondary N) is 2. The van der Waals surface area contributed by atoms with Crippen LogP contribution in [0.5, 0.6) is 11.5 Å². The molecule has 4 rings (SSSR count). The lowest BCUT2D eigenvalue weighted by Gasteiger charge is -2.18. The summed E-state index contributed by atoms with van der Waals surface area (Å²) in [5.41, 5.74) is 4.06. The summed E-state index contributed by atoms with van der Waals surface area (Å²) >= 11 is 12.5. The summed E-state index contributed by atoms with van der Waals surface area (Å²) in [5.74, 6) is 1.14. The third-order valence-corrected chi connectivity index (χ3v) is 6.66. The standard InChI is InChI=1S/C27H26Cl2N2O3/c1-33-25-10-7-17(13-26(25)34-2)11-12-30-27(32)15-20(18-8-9-22(28)23(29)14-18)21-16-31-24-6-4-3-5-19(21)24/h3-10,13-14,16,20,31H,11-12,15H2,1-2H3,(H,30,32)/t20-/m1/s1. The maximum atomic E-state index is 13.0. The van der Waals surface area contributed by atoms with Crippen molar-refractivity contribution >= 4 is 40.0 Å². The van der Waals surface area contributed by atoms with Crippen LogP contribution in [0.3, 0.4) is 0 Å². The molecule has 34 heavy (non-hydrogen) atoms. The van der Waals surface area contributed by atoms with Crippen molar-refractivity contribution in [1.29, 1.82) is 0 Å². The molecule has 7 heteroatoms. The average Bonchev–Trinajstić information content (AvgIpc) is 3.28. The molecular weight excluding hydrogens is 471 g/mol. The van der Waals surface area contributed by atoms with Gasteiger partial charge in [-0.25, -0.2) is 0 Å². The van der Waals surface area contributed by atoms with Crippen molar-refractivity contribution < 1.29 is 14.3 Å². The van der Waals surface area contributed by atoms with Gasteiger partial charge in [0.2, 0.25) is 5.91 Å². The zero-order chi connectivity index (χ0) is 24.1. The van der Waals surface area contributed by atoms with Gasteiger partial charge in [0.15, 0.2) is 11.5 Å². The largest absolute Gasteiger partial charge is 0.493 e. The van der Waals surface area contributed by atoms with Gasteiger partial charge in [-0.05, 0) is 53.4 Å². The summed E-state index contributed by atoms with van der Waals surface area (Å²) in [6.07, 6.45) is 2.93. The van der Waals surface area contributed by atoms with Crippen molar-refractivity contribution in [3.63, 3.8) is 0 Å². The molecule has 0 aliphatic heterocycles. The van der Waals surface area contributed by atoms with Crippen molar-refractivity contribution in [2.24, 2.45) is 0 Å². The molecule has 1 aromatic heterocycles. The van der Waals surface area contributed by atoms with Gasteiger partial charge in [0.25, 0.3) is 0 Å². The predicted octanol–water partition coefficient (Wildman–Crippen LogP) is 6.37. The molecule has 1 atom stereocenters. The van der Waals surface area contributed by atoms with E-state index in [0.717, 1.165) is 27.6 Å². The average molecular weight is 497 g/mol. The molecule has 0 radical (unpaired) electrons. The Labute approximate surface area is 209 Å². The summed E-state index contributed by atoms with van der Waals surface area (Å²) < 4.78 is 10.7. The molecular formula is C27H26Cl2N2O3. The number of carbonyl (C=O) groups excluding carboxylic acids is 1. The number of H-pyrrole nitrogens is 1. The number of ether oxygens (including phenoxy) is 2. The topological polar surface area (TPSA) is 63.3 Å². The number of aromatic amines is 1. The van der Waals surface area contributed by atoms with Gasteiger partial charge in [-0.2, -0.15) is 0 Å². The van der Waals surface area contributed by atoms with Crippen molar-refractivity contribution in [2.45, 2.75) is 18.8 Å². The molecule has 0 saturated carbocycles. The number of methoxy groups -OCH3 is 2. The molecule has 0 aliphatic carbocycles. The van der Waals surface area contributed by atoms with E-state index in [9.17, 15) is 4.79 Å². The maximum absolute atomic E-state index is 13.0. The fraction of sp³-hybridized carbons (Fsp3) is 0.222. The number of carbonyl (C=O) groups is 1. The van der Waals surface area contributed by atoms with E-state index in [1.807, 2.05) is 54.7 Å². The van der Waals surface area contributed by atoms with Crippen LogP contribution in [0.4, 0.5) is 0 Å². The normalized spacial score (nSPS) is 11.9. The van der Waals surface area contributed by atoms with Gasteiger partial charge in [-0.3, -0.25) is 4.79 Å². The van der Waals surface area contributed by atoms with E-state index in [1.54, 1.807) is 20.3 Å². The highest BCUT2D eigenvalue weighted by Crippen LogP contribution is 2.36. The molecule has 0 fully saturated rings. The number of hydrogen-bond acceptors (Lipinski definition) is 3. The molecule has 0 bridgehead atoms. The minimum atomic E-state index is -0.174. The number of amides is 1. The molecule has 1 amide bonds. The highest BCUT2D eigenvalue weighted by molar-refractivity contribution is 6.42. The molecule has 0 spiro atoms. The monoisotopic (exact) mass is 496 g/mol. The second-order valence-electron chi connectivity index (χ2n) is 8.01. The molecule has 3 aromatic carbocycles. The second kappa shape index (κ2) is 10.9. The van der Waals surface area contributed by atoms with Crippen LogP contribution < -0.4 is 14.8 Å². The Morgan fingerprint density at radius 2 is 1.76 bits per heavy atom. The first kappa shape index (κ1) is 24.0. The lowest BCUT2D eigenvalue weighted by atomic mass is 9.88. The number of fused-ring (bicyclic) bond motifs is 1. The molecule has 0 aliphatic rings. The number of benzene rings is 3. The summed E-state index contributed by atoms with van der Waals surface area (Å²) in [6, 6.07) is 19.4. The second-order valence-corrected chi connectivity index (χ2v) is 8.82. The van der Waals surface area contributed by atoms with Crippen LogP contribution >= 0.6 is 23.2 Å². The zero-order valence-corrected chi connectivity index (χ0v) is 20.5. The summed E-state index contributed by atoms with van der Waals surface area (Å²) in [5, 5.41) is 5.09. The predicted molar refractivity (Wildman–Crippen MR) is 137 cm³/mol. The highest BCUT2D eigenvalue weighted by atomic mass is 35.5. The van der Waals surface area contributed by atoms with Gasteiger partial charge in [0, 0.05) is 36.0 Å². The molecule has 0 saturated heterocycles. The number of rotatable bonds is 9. The number of para-hydroxylation sites is 1. The van der Waals surface area contributed by atoms with Gasteiger partial charge in [0.05, 0.1) is 24.3 Å². The Morgan fingerprint density at radius 3 is 2.53 bits per heavy atom. The number of aromatic nitrogens is 1. The van der Waals surface area contributed by atoms with Crippen molar-refractivity contribution in [3.05, 3.63) is 93.6 Å². The van der Waals surface area contributed by atoms with Crippen LogP contribution in [0.1, 0.15) is 29.0 Å². The Hall–Kier alpha value is -3.15. The first-order valence-corrected chi connectivity index (χ1v) is 11.7. The minimum Gasteiger partial charge on any atom is -0.493 e. The summed E-state index contributed by atoms with van der Waals surface area (Å²) in [4.78, 5) is 16.3. The van der Waals surface area contributed by atoms with Crippen molar-refractivity contribution in [1.82, 2.24) is 10.3 Å². The Morgan fingerprint density at radius 1 is 0.971 bits per heavy atom. The lowest BCUT2D eigenvalue weighted by Crippen LogP contribution is -2.27. The SMILES string of the molecule is COc1ccc(CCNC(=O)C[C@H](c2ccc(Cl)c(Cl)c2)c2c[nH]c3ccccc23)cc1OC. The lowest BCUT2D eigenvalue weighted by molar-refractivity contribution is -0.121. The fourth-order valence-electron chi connectivity index (χ4n) is 4.16. The highest BCUT2D eigenvalue weighted by Gasteiger charge is 2.22. The van der Waals surface area contributed by atoms with Crippen LogP contribution in [0.25, 0.3) is 10.9 Å². The third-order valence-electron chi connectivity index (χ3n) is 5.92. The molecule has 2 N–H and O–H groups in total. The zero-order valence-electron chi connectivity index (χ0n) is 19.0. The number of halogens is 2. The smallest absolute Gasteiger partial charge is 0.220 e. The van der Waals surface area contributed by atoms with Gasteiger partial charge in [0.1, 0.15) is 0 Å². The minimum absolute atomic E-state index is 0.0400. The molecule has 176 valence electrons. The van der Waals surface area contributed by atoms with Gasteiger partial charge < -0.3 is 19.8 Å². The van der Waals surface area contributed by atoms with E-state index < -0.39 is 0 Å². The molecule has 1 heterocycles. The summed E-state index contributed by atoms with van der Waals surface area (Å²) in [6.45, 7) is 0.510. The van der Waals surface area contributed by atoms with Crippen molar-refractivity contribution in [2.75, 3.05) is 20.8 Å². The van der Waals surface area contributed by atoms with Crippen molar-refractivity contribution in [3.8, 4) is 11.5 Å². The Kier molecular flexibility index (Phi) is 7.66. The fourth-order valence-corrected chi connectivity index (χ4v) is 4.47. The van der Waals surface area contributed by atoms with E-state index in [4.69, 9.17) is 32.7 Å². The Bertz CT molecular complexity index is 1300. The van der Waals surface area contributed by atoms with E-state index in [-0.39, 0.29) is 18.2 Å². The first-order chi connectivity index (χ1) is 16.5. The van der Waals surface area contributed by atoms with Gasteiger partial charge >= 0.3 is 0 Å². The van der Waals surface area contributed by atoms with Crippen LogP contribution in [-0.2, 0) is 11.2 Å². The van der Waals surface area contributed by atoms with Gasteiger partial charge in [-0.15, -0.1) is 0 Å². The number of hydrogen-bond donors (Lipinski definition) is 2. The first-order valence-electron chi connectivity index (χ1n) is 11.0. The van der Waals surface area contributed by atoms with Crippen LogP contribution in [-0.4, -0.2) is 31.7 Å². The summed E-state index contributed by atoms with van der Waals surface area (Å²) in [7, 11) is 3.22. The van der Waals surface area contributed by atoms with Crippen LogP contribution in [0.2, 0.25) is 10.0 Å². The van der Waals surface area contributed by atoms with Crippen LogP contribution in [0.15, 0.2) is 66.9 Å². The Balaban J connectivity index is 1.50. The molecule has 5 nitrogen and oxygen atoms in total. The third kappa shape index (κ3) is 5.32. The quantitative estimate of drug-likeness (QED) is 0.282. The van der Waals surface area contributed by atoms with Gasteiger partial charge in [-0.1, -0.05) is 53.5 Å². The van der Waals surface area contributed by atoms with E-state index in [1.165, 1.54) is 0 Å². The van der Waals surface area contributed by atoms with E-state index in [2.05, 4.69) is 16.4 Å². The maximum Gasteiger partial charge on any atom is 0.220 e. The van der Waals surface area contributed by atoms with E-state index >= 15 is 0 Å². The van der Waals surface area contributed by atoms with E-state index in [0.29, 0.717) is 34.5 Å². The molecule has 0 unspecified atom stereocenters. The molecule has 4 aromatic rings.